The maximum Gasteiger partial charge on any atom is 0.308 e. The predicted molar refractivity (Wildman–Crippen MR) is 127 cm³/mol. The topological polar surface area (TPSA) is 92.5 Å². The Morgan fingerprint density at radius 2 is 2.17 bits per heavy atom. The number of likely N-dealkylation sites (N-methyl/N-ethyl adjacent to an activating group) is 2. The van der Waals surface area contributed by atoms with Crippen LogP contribution in [0.1, 0.15) is 42.9 Å². The van der Waals surface area contributed by atoms with Gasteiger partial charge in [-0.05, 0) is 57.3 Å². The quantitative estimate of drug-likeness (QED) is 0.410. The maximum atomic E-state index is 13.2. The lowest BCUT2D eigenvalue weighted by molar-refractivity contribution is -0.135. The van der Waals surface area contributed by atoms with E-state index >= 15 is 0 Å². The number of hydrogen-bond donors (Lipinski definition) is 1. The number of amides is 1. The Morgan fingerprint density at radius 1 is 1.34 bits per heavy atom. The molecule has 4 aliphatic rings. The first-order valence-electron chi connectivity index (χ1n) is 12.2. The monoisotopic (exact) mass is 478 g/mol. The largest absolute Gasteiger partial charge is 0.504 e. The first kappa shape index (κ1) is 22.2. The van der Waals surface area contributed by atoms with Gasteiger partial charge in [0.1, 0.15) is 11.9 Å². The molecular formula is C27H30N2O6. The van der Waals surface area contributed by atoms with Crippen LogP contribution in [0.4, 0.5) is 0 Å². The lowest BCUT2D eigenvalue weighted by Crippen LogP contribution is -2.68. The summed E-state index contributed by atoms with van der Waals surface area (Å²) in [5.74, 6) is 0.739. The summed E-state index contributed by atoms with van der Waals surface area (Å²) in [5, 5.41) is 10.9. The summed E-state index contributed by atoms with van der Waals surface area (Å²) < 4.78 is 17.3. The standard InChI is InChI=1S/C27H30N2O6/c1-15(30)34-22-13-21(31)25-24-17(22)12-20-18-5-6-19(26(35-25)27(18,24)9-10-28(20)2)29(3)23(32)7-4-16-8-11-33-14-16/h4,7-8,11,13-14,18-20,26,31H,5-6,9-10,12H2,1-3H3/b7-4+/t18-,19-,20+,26-,27-/m0/s1. The molecule has 2 bridgehead atoms. The van der Waals surface area contributed by atoms with Crippen molar-refractivity contribution >= 4 is 18.0 Å². The number of likely N-dealkylation sites (tertiary alicyclic amines) is 1. The normalized spacial score (nSPS) is 30.6. The van der Waals surface area contributed by atoms with Gasteiger partial charge >= 0.3 is 5.97 Å². The molecule has 2 aromatic rings. The molecule has 1 saturated heterocycles. The molecule has 0 radical (unpaired) electrons. The Kier molecular flexibility index (Phi) is 5.00. The average Bonchev–Trinajstić information content (AvgIpc) is 3.46. The Bertz CT molecular complexity index is 1220. The van der Waals surface area contributed by atoms with E-state index in [2.05, 4.69) is 11.9 Å². The number of hydrogen-bond acceptors (Lipinski definition) is 7. The fraction of sp³-hybridized carbons (Fsp3) is 0.481. The molecule has 1 amide bonds. The molecule has 0 unspecified atom stereocenters. The summed E-state index contributed by atoms with van der Waals surface area (Å²) >= 11 is 0. The third-order valence-corrected chi connectivity index (χ3v) is 8.71. The molecule has 1 aromatic carbocycles. The first-order valence-corrected chi connectivity index (χ1v) is 12.2. The van der Waals surface area contributed by atoms with Crippen LogP contribution >= 0.6 is 0 Å². The molecule has 1 N–H and O–H groups in total. The molecular weight excluding hydrogens is 448 g/mol. The summed E-state index contributed by atoms with van der Waals surface area (Å²) in [6.07, 6.45) is 9.60. The third-order valence-electron chi connectivity index (χ3n) is 8.71. The van der Waals surface area contributed by atoms with E-state index in [1.165, 1.54) is 13.0 Å². The molecule has 35 heavy (non-hydrogen) atoms. The lowest BCUT2D eigenvalue weighted by atomic mass is 9.51. The van der Waals surface area contributed by atoms with Crippen LogP contribution in [0.15, 0.2) is 35.2 Å². The fourth-order valence-electron chi connectivity index (χ4n) is 7.22. The molecule has 8 heteroatoms. The number of carbonyl (C=O) groups excluding carboxylic acids is 2. The number of piperidine rings is 1. The van der Waals surface area contributed by atoms with Gasteiger partial charge in [0.25, 0.3) is 0 Å². The number of carbonyl (C=O) groups is 2. The van der Waals surface area contributed by atoms with E-state index < -0.39 is 5.97 Å². The van der Waals surface area contributed by atoms with Crippen molar-refractivity contribution in [3.63, 3.8) is 0 Å². The molecule has 184 valence electrons. The molecule has 8 nitrogen and oxygen atoms in total. The van der Waals surface area contributed by atoms with Crippen LogP contribution in [-0.4, -0.2) is 65.6 Å². The second-order valence-electron chi connectivity index (χ2n) is 10.3. The van der Waals surface area contributed by atoms with Crippen LogP contribution < -0.4 is 9.47 Å². The van der Waals surface area contributed by atoms with Gasteiger partial charge in [-0.15, -0.1) is 0 Å². The van der Waals surface area contributed by atoms with Crippen LogP contribution in [0.2, 0.25) is 0 Å². The van der Waals surface area contributed by atoms with Gasteiger partial charge in [-0.1, -0.05) is 0 Å². The van der Waals surface area contributed by atoms with Gasteiger partial charge in [0.2, 0.25) is 5.91 Å². The summed E-state index contributed by atoms with van der Waals surface area (Å²) in [4.78, 5) is 29.2. The number of phenols is 1. The Labute approximate surface area is 204 Å². The highest BCUT2D eigenvalue weighted by Crippen LogP contribution is 2.65. The highest BCUT2D eigenvalue weighted by atomic mass is 16.5. The highest BCUT2D eigenvalue weighted by molar-refractivity contribution is 5.92. The zero-order valence-electron chi connectivity index (χ0n) is 20.2. The second kappa shape index (κ2) is 7.88. The number of esters is 1. The Morgan fingerprint density at radius 3 is 2.91 bits per heavy atom. The molecule has 5 atom stereocenters. The lowest BCUT2D eigenvalue weighted by Gasteiger charge is -2.59. The minimum atomic E-state index is -0.412. The minimum absolute atomic E-state index is 0.00696. The number of ether oxygens (including phenoxy) is 2. The third kappa shape index (κ3) is 3.15. The van der Waals surface area contributed by atoms with E-state index in [1.54, 1.807) is 35.6 Å². The molecule has 1 spiro atoms. The minimum Gasteiger partial charge on any atom is -0.504 e. The fourth-order valence-corrected chi connectivity index (χ4v) is 7.22. The van der Waals surface area contributed by atoms with Gasteiger partial charge in [-0.25, -0.2) is 0 Å². The SMILES string of the molecule is CC(=O)Oc1cc(O)c2c3c1C[C@@H]1[C@@H]4CC[C@H](N(C)C(=O)/C=C/c5ccoc5)[C@H](O2)[C@]34CCN1C. The van der Waals surface area contributed by atoms with Gasteiger partial charge in [-0.2, -0.15) is 0 Å². The average molecular weight is 479 g/mol. The zero-order valence-corrected chi connectivity index (χ0v) is 20.2. The maximum absolute atomic E-state index is 13.2. The predicted octanol–water partition coefficient (Wildman–Crippen LogP) is 3.12. The number of phenolic OH excluding ortho intramolecular Hbond substituents is 1. The Hall–Kier alpha value is -3.26. The van der Waals surface area contributed by atoms with E-state index in [0.29, 0.717) is 17.4 Å². The van der Waals surface area contributed by atoms with Crippen LogP contribution in [0.5, 0.6) is 17.2 Å². The van der Waals surface area contributed by atoms with E-state index in [1.807, 2.05) is 7.05 Å². The second-order valence-corrected chi connectivity index (χ2v) is 10.3. The summed E-state index contributed by atoms with van der Waals surface area (Å²) in [7, 11) is 3.99. The zero-order chi connectivity index (χ0) is 24.5. The van der Waals surface area contributed by atoms with E-state index in [9.17, 15) is 14.7 Å². The summed E-state index contributed by atoms with van der Waals surface area (Å²) in [6, 6.07) is 3.45. The van der Waals surface area contributed by atoms with E-state index in [4.69, 9.17) is 13.9 Å². The number of aromatic hydroxyl groups is 1. The van der Waals surface area contributed by atoms with Crippen molar-refractivity contribution in [2.75, 3.05) is 20.6 Å². The van der Waals surface area contributed by atoms with Crippen LogP contribution in [-0.2, 0) is 21.4 Å². The van der Waals surface area contributed by atoms with Crippen LogP contribution in [0.3, 0.4) is 0 Å². The van der Waals surface area contributed by atoms with Crippen molar-refractivity contribution in [1.82, 2.24) is 9.80 Å². The van der Waals surface area contributed by atoms with Gasteiger partial charge in [0.15, 0.2) is 11.5 Å². The van der Waals surface area contributed by atoms with Gasteiger partial charge < -0.3 is 28.8 Å². The van der Waals surface area contributed by atoms with Crippen LogP contribution in [0.25, 0.3) is 6.08 Å². The van der Waals surface area contributed by atoms with Crippen molar-refractivity contribution in [2.24, 2.45) is 5.92 Å². The Balaban J connectivity index is 1.42. The molecule has 6 rings (SSSR count). The van der Waals surface area contributed by atoms with Crippen LogP contribution in [0, 0.1) is 5.92 Å². The van der Waals surface area contributed by atoms with Crippen molar-refractivity contribution < 1.29 is 28.6 Å². The van der Waals surface area contributed by atoms with Crippen molar-refractivity contribution in [2.45, 2.75) is 56.2 Å². The smallest absolute Gasteiger partial charge is 0.308 e. The highest BCUT2D eigenvalue weighted by Gasteiger charge is 2.66. The molecule has 3 heterocycles. The van der Waals surface area contributed by atoms with E-state index in [0.717, 1.165) is 48.9 Å². The van der Waals surface area contributed by atoms with Gasteiger partial charge in [-0.3, -0.25) is 9.59 Å². The molecule has 2 aliphatic carbocycles. The van der Waals surface area contributed by atoms with Gasteiger partial charge in [0, 0.05) is 54.3 Å². The van der Waals surface area contributed by atoms with Crippen molar-refractivity contribution in [1.29, 1.82) is 0 Å². The number of benzene rings is 1. The summed E-state index contributed by atoms with van der Waals surface area (Å²) in [5.41, 5.74) is 2.45. The number of furan rings is 1. The van der Waals surface area contributed by atoms with Gasteiger partial charge in [0.05, 0.1) is 18.6 Å². The molecule has 1 aromatic heterocycles. The molecule has 1 saturated carbocycles. The molecule has 2 aliphatic heterocycles. The summed E-state index contributed by atoms with van der Waals surface area (Å²) in [6.45, 7) is 2.28. The van der Waals surface area contributed by atoms with Crippen molar-refractivity contribution in [3.8, 4) is 17.2 Å². The molecule has 2 fully saturated rings. The van der Waals surface area contributed by atoms with E-state index in [-0.39, 0.29) is 35.3 Å². The number of rotatable bonds is 4. The number of nitrogens with zero attached hydrogens (tertiary/aromatic N) is 2. The van der Waals surface area contributed by atoms with Crippen molar-refractivity contribution in [3.05, 3.63) is 47.4 Å². The first-order chi connectivity index (χ1) is 16.8.